The first-order valence-corrected chi connectivity index (χ1v) is 8.74. The Hall–Kier alpha value is -2.24. The number of aryl methyl sites for hydroxylation is 1. The summed E-state index contributed by atoms with van der Waals surface area (Å²) in [5, 5.41) is 12.5. The molecule has 0 aliphatic heterocycles. The molecule has 0 bridgehead atoms. The van der Waals surface area contributed by atoms with Crippen LogP contribution in [0, 0.1) is 0 Å². The van der Waals surface area contributed by atoms with Crippen molar-refractivity contribution in [2.24, 2.45) is 0 Å². The van der Waals surface area contributed by atoms with Crippen LogP contribution in [0.4, 0.5) is 4.79 Å². The van der Waals surface area contributed by atoms with E-state index in [1.807, 2.05) is 33.8 Å². The second-order valence-corrected chi connectivity index (χ2v) is 6.95. The summed E-state index contributed by atoms with van der Waals surface area (Å²) >= 11 is 0. The van der Waals surface area contributed by atoms with E-state index >= 15 is 0 Å². The first kappa shape index (κ1) is 20.8. The van der Waals surface area contributed by atoms with Gasteiger partial charge in [-0.25, -0.2) is 4.79 Å². The molecule has 0 radical (unpaired) electrons. The van der Waals surface area contributed by atoms with Crippen molar-refractivity contribution >= 4 is 12.0 Å². The van der Waals surface area contributed by atoms with E-state index in [1.54, 1.807) is 23.1 Å². The standard InChI is InChI=1S/C19H30N2O4/c1-5-13-21(18(24)25-19(2,3)4)14-12-20-17(23)11-10-15-8-6-7-9-16(15)22/h6-9,22H,5,10-14H2,1-4H3,(H,20,23). The zero-order valence-corrected chi connectivity index (χ0v) is 15.7. The fourth-order valence-electron chi connectivity index (χ4n) is 2.28. The molecule has 1 aromatic rings. The fourth-order valence-corrected chi connectivity index (χ4v) is 2.28. The molecule has 1 rings (SSSR count). The van der Waals surface area contributed by atoms with Crippen molar-refractivity contribution in [2.75, 3.05) is 19.6 Å². The van der Waals surface area contributed by atoms with E-state index in [9.17, 15) is 14.7 Å². The Kier molecular flexibility index (Phi) is 8.25. The minimum atomic E-state index is -0.538. The van der Waals surface area contributed by atoms with Crippen molar-refractivity contribution in [1.29, 1.82) is 0 Å². The fraction of sp³-hybridized carbons (Fsp3) is 0.579. The number of hydrogen-bond acceptors (Lipinski definition) is 4. The van der Waals surface area contributed by atoms with Crippen molar-refractivity contribution in [3.63, 3.8) is 0 Å². The zero-order chi connectivity index (χ0) is 18.9. The maximum Gasteiger partial charge on any atom is 0.410 e. The Morgan fingerprint density at radius 2 is 1.88 bits per heavy atom. The highest BCUT2D eigenvalue weighted by molar-refractivity contribution is 5.76. The SMILES string of the molecule is CCCN(CCNC(=O)CCc1ccccc1O)C(=O)OC(C)(C)C. The van der Waals surface area contributed by atoms with Crippen molar-refractivity contribution in [3.8, 4) is 5.75 Å². The van der Waals surface area contributed by atoms with Crippen molar-refractivity contribution in [1.82, 2.24) is 10.2 Å². The van der Waals surface area contributed by atoms with Crippen LogP contribution in [0.3, 0.4) is 0 Å². The van der Waals surface area contributed by atoms with Crippen LogP contribution in [0.2, 0.25) is 0 Å². The average Bonchev–Trinajstić information content (AvgIpc) is 2.51. The van der Waals surface area contributed by atoms with Crippen molar-refractivity contribution in [2.45, 2.75) is 52.6 Å². The second kappa shape index (κ2) is 9.91. The lowest BCUT2D eigenvalue weighted by molar-refractivity contribution is -0.121. The first-order valence-electron chi connectivity index (χ1n) is 8.74. The van der Waals surface area contributed by atoms with Gasteiger partial charge in [-0.3, -0.25) is 4.79 Å². The molecular formula is C19H30N2O4. The van der Waals surface area contributed by atoms with E-state index in [2.05, 4.69) is 5.32 Å². The van der Waals surface area contributed by atoms with Gasteiger partial charge in [0.15, 0.2) is 0 Å². The van der Waals surface area contributed by atoms with Gasteiger partial charge in [-0.2, -0.15) is 0 Å². The molecule has 0 heterocycles. The number of ether oxygens (including phenoxy) is 1. The van der Waals surface area contributed by atoms with Crippen LogP contribution in [0.15, 0.2) is 24.3 Å². The normalized spacial score (nSPS) is 11.0. The molecule has 2 amide bonds. The number of benzene rings is 1. The van der Waals surface area contributed by atoms with Gasteiger partial charge in [-0.15, -0.1) is 0 Å². The number of aromatic hydroxyl groups is 1. The Bertz CT molecular complexity index is 567. The molecule has 6 heteroatoms. The Morgan fingerprint density at radius 1 is 1.20 bits per heavy atom. The number of nitrogens with zero attached hydrogens (tertiary/aromatic N) is 1. The average molecular weight is 350 g/mol. The highest BCUT2D eigenvalue weighted by atomic mass is 16.6. The van der Waals surface area contributed by atoms with Crippen LogP contribution in [0.1, 0.15) is 46.1 Å². The molecule has 0 aromatic heterocycles. The third-order valence-corrected chi connectivity index (χ3v) is 3.46. The quantitative estimate of drug-likeness (QED) is 0.755. The lowest BCUT2D eigenvalue weighted by atomic mass is 10.1. The monoisotopic (exact) mass is 350 g/mol. The smallest absolute Gasteiger partial charge is 0.410 e. The summed E-state index contributed by atoms with van der Waals surface area (Å²) in [5.74, 6) is 0.0956. The number of amides is 2. The summed E-state index contributed by atoms with van der Waals surface area (Å²) in [6.45, 7) is 8.84. The minimum absolute atomic E-state index is 0.108. The molecule has 25 heavy (non-hydrogen) atoms. The van der Waals surface area contributed by atoms with Gasteiger partial charge < -0.3 is 20.1 Å². The molecule has 140 valence electrons. The topological polar surface area (TPSA) is 78.9 Å². The Balaban J connectivity index is 2.38. The van der Waals surface area contributed by atoms with E-state index in [-0.39, 0.29) is 24.2 Å². The minimum Gasteiger partial charge on any atom is -0.508 e. The van der Waals surface area contributed by atoms with Crippen molar-refractivity contribution < 1.29 is 19.4 Å². The molecular weight excluding hydrogens is 320 g/mol. The number of hydrogen-bond donors (Lipinski definition) is 2. The predicted molar refractivity (Wildman–Crippen MR) is 97.5 cm³/mol. The molecule has 0 saturated heterocycles. The van der Waals surface area contributed by atoms with Gasteiger partial charge in [0.2, 0.25) is 5.91 Å². The lowest BCUT2D eigenvalue weighted by Crippen LogP contribution is -2.41. The molecule has 0 atom stereocenters. The van der Waals surface area contributed by atoms with Crippen LogP contribution in [-0.2, 0) is 16.0 Å². The van der Waals surface area contributed by atoms with Gasteiger partial charge in [-0.1, -0.05) is 25.1 Å². The third kappa shape index (κ3) is 8.42. The van der Waals surface area contributed by atoms with E-state index < -0.39 is 5.60 Å². The van der Waals surface area contributed by atoms with Crippen molar-refractivity contribution in [3.05, 3.63) is 29.8 Å². The van der Waals surface area contributed by atoms with Gasteiger partial charge in [0.1, 0.15) is 11.4 Å². The summed E-state index contributed by atoms with van der Waals surface area (Å²) < 4.78 is 5.37. The summed E-state index contributed by atoms with van der Waals surface area (Å²) in [4.78, 5) is 25.7. The maximum atomic E-state index is 12.1. The third-order valence-electron chi connectivity index (χ3n) is 3.46. The maximum absolute atomic E-state index is 12.1. The number of rotatable bonds is 8. The van der Waals surface area contributed by atoms with E-state index in [0.717, 1.165) is 12.0 Å². The highest BCUT2D eigenvalue weighted by Crippen LogP contribution is 2.17. The second-order valence-electron chi connectivity index (χ2n) is 6.95. The lowest BCUT2D eigenvalue weighted by Gasteiger charge is -2.27. The molecule has 0 saturated carbocycles. The molecule has 6 nitrogen and oxygen atoms in total. The van der Waals surface area contributed by atoms with Crippen LogP contribution in [0.5, 0.6) is 5.75 Å². The molecule has 0 unspecified atom stereocenters. The summed E-state index contributed by atoms with van der Waals surface area (Å²) in [7, 11) is 0. The number of phenols is 1. The summed E-state index contributed by atoms with van der Waals surface area (Å²) in [6.07, 6.45) is 1.22. The molecule has 0 spiro atoms. The van der Waals surface area contributed by atoms with Crippen LogP contribution in [-0.4, -0.2) is 47.2 Å². The number of nitrogens with one attached hydrogen (secondary N) is 1. The molecule has 2 N–H and O–H groups in total. The van der Waals surface area contributed by atoms with Gasteiger partial charge in [0.25, 0.3) is 0 Å². The molecule has 1 aromatic carbocycles. The highest BCUT2D eigenvalue weighted by Gasteiger charge is 2.21. The number of carbonyl (C=O) groups excluding carboxylic acids is 2. The Labute approximate surface area is 150 Å². The van der Waals surface area contributed by atoms with Gasteiger partial charge in [-0.05, 0) is 45.2 Å². The largest absolute Gasteiger partial charge is 0.508 e. The predicted octanol–water partition coefficient (Wildman–Crippen LogP) is 3.09. The summed E-state index contributed by atoms with van der Waals surface area (Å²) in [6, 6.07) is 6.99. The van der Waals surface area contributed by atoms with Gasteiger partial charge in [0, 0.05) is 26.1 Å². The number of carbonyl (C=O) groups is 2. The summed E-state index contributed by atoms with van der Waals surface area (Å²) in [5.41, 5.74) is 0.211. The molecule has 0 fully saturated rings. The number of para-hydroxylation sites is 1. The van der Waals surface area contributed by atoms with Gasteiger partial charge in [0.05, 0.1) is 0 Å². The van der Waals surface area contributed by atoms with Gasteiger partial charge >= 0.3 is 6.09 Å². The van der Waals surface area contributed by atoms with Crippen LogP contribution >= 0.6 is 0 Å². The van der Waals surface area contributed by atoms with Crippen LogP contribution < -0.4 is 5.32 Å². The zero-order valence-electron chi connectivity index (χ0n) is 15.7. The first-order chi connectivity index (χ1) is 11.7. The van der Waals surface area contributed by atoms with E-state index in [4.69, 9.17) is 4.74 Å². The molecule has 0 aliphatic carbocycles. The van der Waals surface area contributed by atoms with E-state index in [1.165, 1.54) is 0 Å². The Morgan fingerprint density at radius 3 is 2.48 bits per heavy atom. The van der Waals surface area contributed by atoms with E-state index in [0.29, 0.717) is 26.1 Å². The number of phenolic OH excluding ortho intramolecular Hbond substituents is 1. The molecule has 0 aliphatic rings. The van der Waals surface area contributed by atoms with Crippen LogP contribution in [0.25, 0.3) is 0 Å².